The van der Waals surface area contributed by atoms with Crippen LogP contribution in [0.1, 0.15) is 0 Å². The van der Waals surface area contributed by atoms with E-state index >= 15 is 0 Å². The maximum absolute atomic E-state index is 12.4. The Morgan fingerprint density at radius 3 is 2.32 bits per heavy atom. The number of urea groups is 1. The molecule has 0 radical (unpaired) electrons. The lowest BCUT2D eigenvalue weighted by Crippen LogP contribution is -2.31. The van der Waals surface area contributed by atoms with Gasteiger partial charge < -0.3 is 14.8 Å². The molecule has 116 valence electrons. The molecule has 1 N–H and O–H groups in total. The van der Waals surface area contributed by atoms with Crippen LogP contribution in [0.5, 0.6) is 11.5 Å². The van der Waals surface area contributed by atoms with Gasteiger partial charge >= 0.3 is 6.03 Å². The summed E-state index contributed by atoms with van der Waals surface area (Å²) in [7, 11) is 4.70. The smallest absolute Gasteiger partial charge is 0.326 e. The third kappa shape index (κ3) is 3.43. The molecule has 2 aromatic carbocycles. The lowest BCUT2D eigenvalue weighted by atomic mass is 10.2. The Morgan fingerprint density at radius 2 is 1.73 bits per heavy atom. The number of nitrogens with one attached hydrogen (secondary N) is 1. The van der Waals surface area contributed by atoms with E-state index in [1.54, 1.807) is 19.2 Å². The van der Waals surface area contributed by atoms with E-state index in [4.69, 9.17) is 21.1 Å². The molecule has 0 spiro atoms. The van der Waals surface area contributed by atoms with Crippen molar-refractivity contribution in [3.63, 3.8) is 0 Å². The van der Waals surface area contributed by atoms with E-state index < -0.39 is 0 Å². The molecule has 0 unspecified atom stereocenters. The van der Waals surface area contributed by atoms with Crippen molar-refractivity contribution >= 4 is 29.0 Å². The van der Waals surface area contributed by atoms with Crippen LogP contribution in [0.25, 0.3) is 0 Å². The summed E-state index contributed by atoms with van der Waals surface area (Å²) in [5.41, 5.74) is 1.26. The monoisotopic (exact) mass is 320 g/mol. The maximum atomic E-state index is 12.4. The van der Waals surface area contributed by atoms with Gasteiger partial charge in [-0.1, -0.05) is 29.8 Å². The lowest BCUT2D eigenvalue weighted by Gasteiger charge is -2.19. The normalized spacial score (nSPS) is 10.0. The number of hydrogen-bond acceptors (Lipinski definition) is 3. The number of benzene rings is 2. The van der Waals surface area contributed by atoms with Crippen LogP contribution in [-0.4, -0.2) is 27.3 Å². The van der Waals surface area contributed by atoms with Gasteiger partial charge in [0, 0.05) is 24.9 Å². The second-order valence-corrected chi connectivity index (χ2v) is 4.92. The summed E-state index contributed by atoms with van der Waals surface area (Å²) < 4.78 is 10.4. The van der Waals surface area contributed by atoms with Crippen molar-refractivity contribution < 1.29 is 14.3 Å². The first-order chi connectivity index (χ1) is 10.6. The summed E-state index contributed by atoms with van der Waals surface area (Å²) in [6.07, 6.45) is 0. The van der Waals surface area contributed by atoms with E-state index in [1.165, 1.54) is 19.1 Å². The fraction of sp³-hybridized carbons (Fsp3) is 0.188. The zero-order chi connectivity index (χ0) is 16.1. The molecule has 0 bridgehead atoms. The van der Waals surface area contributed by atoms with Crippen molar-refractivity contribution in [2.45, 2.75) is 0 Å². The summed E-state index contributed by atoms with van der Waals surface area (Å²) in [5.74, 6) is 0.917. The van der Waals surface area contributed by atoms with Crippen LogP contribution in [0.2, 0.25) is 5.02 Å². The summed E-state index contributed by atoms with van der Waals surface area (Å²) in [5, 5.41) is 3.20. The topological polar surface area (TPSA) is 50.8 Å². The highest BCUT2D eigenvalue weighted by molar-refractivity contribution is 6.32. The van der Waals surface area contributed by atoms with E-state index in [1.807, 2.05) is 30.3 Å². The van der Waals surface area contributed by atoms with Gasteiger partial charge in [-0.3, -0.25) is 4.90 Å². The first-order valence-electron chi connectivity index (χ1n) is 6.58. The van der Waals surface area contributed by atoms with Crippen LogP contribution >= 0.6 is 11.6 Å². The molecule has 0 atom stereocenters. The van der Waals surface area contributed by atoms with E-state index in [2.05, 4.69) is 5.32 Å². The largest absolute Gasteiger partial charge is 0.495 e. The third-order valence-electron chi connectivity index (χ3n) is 3.16. The summed E-state index contributed by atoms with van der Waals surface area (Å²) >= 11 is 6.05. The number of nitrogens with zero attached hydrogens (tertiary/aromatic N) is 1. The summed E-state index contributed by atoms with van der Waals surface area (Å²) in [6.45, 7) is 0. The van der Waals surface area contributed by atoms with Crippen molar-refractivity contribution in [1.82, 2.24) is 0 Å². The molecule has 0 saturated heterocycles. The molecule has 6 heteroatoms. The molecule has 2 rings (SSSR count). The number of carbonyl (C=O) groups excluding carboxylic acids is 1. The Morgan fingerprint density at radius 1 is 1.09 bits per heavy atom. The molecule has 2 amide bonds. The molecule has 0 aliphatic carbocycles. The molecule has 0 saturated carbocycles. The zero-order valence-electron chi connectivity index (χ0n) is 12.6. The van der Waals surface area contributed by atoms with Crippen LogP contribution in [0.4, 0.5) is 16.2 Å². The van der Waals surface area contributed by atoms with Crippen LogP contribution in [0.15, 0.2) is 42.5 Å². The predicted molar refractivity (Wildman–Crippen MR) is 88.4 cm³/mol. The van der Waals surface area contributed by atoms with E-state index in [-0.39, 0.29) is 6.03 Å². The highest BCUT2D eigenvalue weighted by atomic mass is 35.5. The van der Waals surface area contributed by atoms with Crippen molar-refractivity contribution in [2.24, 2.45) is 0 Å². The van der Waals surface area contributed by atoms with Crippen molar-refractivity contribution in [2.75, 3.05) is 31.5 Å². The number of hydrogen-bond donors (Lipinski definition) is 1. The summed E-state index contributed by atoms with van der Waals surface area (Å²) in [4.78, 5) is 13.9. The van der Waals surface area contributed by atoms with Gasteiger partial charge in [0.25, 0.3) is 0 Å². The van der Waals surface area contributed by atoms with Crippen molar-refractivity contribution in [1.29, 1.82) is 0 Å². The Balaban J connectivity index is 2.24. The number of halogens is 1. The van der Waals surface area contributed by atoms with Gasteiger partial charge in [0.1, 0.15) is 11.5 Å². The Labute approximate surface area is 134 Å². The third-order valence-corrected chi connectivity index (χ3v) is 3.46. The minimum atomic E-state index is -0.297. The van der Waals surface area contributed by atoms with E-state index in [9.17, 15) is 4.79 Å². The van der Waals surface area contributed by atoms with Crippen molar-refractivity contribution in [3.05, 3.63) is 47.5 Å². The Kier molecular flexibility index (Phi) is 5.12. The van der Waals surface area contributed by atoms with Gasteiger partial charge in [0.2, 0.25) is 0 Å². The molecule has 0 heterocycles. The fourth-order valence-electron chi connectivity index (χ4n) is 1.93. The molecular formula is C16H17ClN2O3. The zero-order valence-corrected chi connectivity index (χ0v) is 13.3. The highest BCUT2D eigenvalue weighted by Gasteiger charge is 2.15. The van der Waals surface area contributed by atoms with Crippen LogP contribution in [0, 0.1) is 0 Å². The molecule has 5 nitrogen and oxygen atoms in total. The minimum Gasteiger partial charge on any atom is -0.495 e. The molecule has 0 aromatic heterocycles. The number of methoxy groups -OCH3 is 2. The van der Waals surface area contributed by atoms with Crippen LogP contribution in [-0.2, 0) is 0 Å². The van der Waals surface area contributed by atoms with E-state index in [0.717, 1.165) is 5.69 Å². The predicted octanol–water partition coefficient (Wildman–Crippen LogP) is 4.03. The Bertz CT molecular complexity index is 662. The number of anilines is 2. The van der Waals surface area contributed by atoms with Gasteiger partial charge in [-0.15, -0.1) is 0 Å². The number of rotatable bonds is 4. The maximum Gasteiger partial charge on any atom is 0.326 e. The average molecular weight is 321 g/mol. The fourth-order valence-corrected chi connectivity index (χ4v) is 2.16. The van der Waals surface area contributed by atoms with Gasteiger partial charge in [0.15, 0.2) is 0 Å². The average Bonchev–Trinajstić information content (AvgIpc) is 2.55. The van der Waals surface area contributed by atoms with Gasteiger partial charge in [-0.05, 0) is 12.1 Å². The molecule has 22 heavy (non-hydrogen) atoms. The lowest BCUT2D eigenvalue weighted by molar-refractivity contribution is 0.258. The molecule has 0 fully saturated rings. The van der Waals surface area contributed by atoms with Gasteiger partial charge in [-0.25, -0.2) is 4.79 Å². The molecule has 2 aromatic rings. The number of carbonyl (C=O) groups is 1. The minimum absolute atomic E-state index is 0.297. The second-order valence-electron chi connectivity index (χ2n) is 4.51. The number of amides is 2. The van der Waals surface area contributed by atoms with Crippen LogP contribution < -0.4 is 19.7 Å². The molecule has 0 aliphatic heterocycles. The molecular weight excluding hydrogens is 304 g/mol. The van der Waals surface area contributed by atoms with Gasteiger partial charge in [-0.2, -0.15) is 0 Å². The van der Waals surface area contributed by atoms with Crippen molar-refractivity contribution in [3.8, 4) is 11.5 Å². The standard InChI is InChI=1S/C16H17ClN2O3/c1-19(11-7-5-4-6-8-11)16(20)18-13-10-14(21-2)12(17)9-15(13)22-3/h4-10H,1-3H3,(H,18,20). The Hall–Kier alpha value is -2.40. The first kappa shape index (κ1) is 16.0. The van der Waals surface area contributed by atoms with E-state index in [0.29, 0.717) is 22.2 Å². The molecule has 0 aliphatic rings. The first-order valence-corrected chi connectivity index (χ1v) is 6.96. The highest BCUT2D eigenvalue weighted by Crippen LogP contribution is 2.36. The summed E-state index contributed by atoms with van der Waals surface area (Å²) in [6, 6.07) is 12.2. The number of para-hydroxylation sites is 1. The SMILES string of the molecule is COc1cc(NC(=O)N(C)c2ccccc2)c(OC)cc1Cl. The van der Waals surface area contributed by atoms with Gasteiger partial charge in [0.05, 0.1) is 24.9 Å². The quantitative estimate of drug-likeness (QED) is 0.925. The van der Waals surface area contributed by atoms with Crippen LogP contribution in [0.3, 0.4) is 0 Å². The second kappa shape index (κ2) is 7.04. The number of ether oxygens (including phenoxy) is 2.